The first-order valence-electron chi connectivity index (χ1n) is 10.5. The molecule has 0 saturated carbocycles. The third kappa shape index (κ3) is 9.72. The van der Waals surface area contributed by atoms with Gasteiger partial charge < -0.3 is 15.0 Å². The second-order valence-corrected chi connectivity index (χ2v) is 9.84. The number of nitrogens with zero attached hydrogens (tertiary/aromatic N) is 3. The topological polar surface area (TPSA) is 67.3 Å². The van der Waals surface area contributed by atoms with Gasteiger partial charge in [-0.1, -0.05) is 39.0 Å². The Morgan fingerprint density at radius 1 is 1.09 bits per heavy atom. The number of methoxy groups -OCH3 is 1. The highest BCUT2D eigenvalue weighted by molar-refractivity contribution is 7.17. The third-order valence-corrected chi connectivity index (χ3v) is 5.69. The van der Waals surface area contributed by atoms with Crippen LogP contribution in [0.1, 0.15) is 42.3 Å². The zero-order chi connectivity index (χ0) is 23.7. The summed E-state index contributed by atoms with van der Waals surface area (Å²) in [4.78, 5) is 24.7. The summed E-state index contributed by atoms with van der Waals surface area (Å²) in [5.74, 6) is 1.62. The average Bonchev–Trinajstić information content (AvgIpc) is 3.23. The molecule has 0 unspecified atom stereocenters. The van der Waals surface area contributed by atoms with Gasteiger partial charge in [-0.15, -0.1) is 11.3 Å². The molecule has 2 aromatic heterocycles. The van der Waals surface area contributed by atoms with Crippen LogP contribution in [0.25, 0.3) is 10.6 Å². The highest BCUT2D eigenvalue weighted by Crippen LogP contribution is 2.26. The van der Waals surface area contributed by atoms with E-state index in [1.165, 1.54) is 16.9 Å². The summed E-state index contributed by atoms with van der Waals surface area (Å²) in [5.41, 5.74) is 2.15. The van der Waals surface area contributed by atoms with Gasteiger partial charge >= 0.3 is 0 Å². The number of hydrogen-bond acceptors (Lipinski definition) is 6. The van der Waals surface area contributed by atoms with E-state index in [2.05, 4.69) is 41.0 Å². The van der Waals surface area contributed by atoms with E-state index < -0.39 is 0 Å². The Hall–Kier alpha value is -2.77. The van der Waals surface area contributed by atoms with Crippen molar-refractivity contribution in [2.24, 2.45) is 5.41 Å². The van der Waals surface area contributed by atoms with Crippen molar-refractivity contribution in [1.82, 2.24) is 20.2 Å². The molecule has 0 aliphatic rings. The van der Waals surface area contributed by atoms with Crippen molar-refractivity contribution < 1.29 is 9.53 Å². The fraction of sp³-hybridized carbons (Fsp3) is 0.423. The first-order valence-corrected chi connectivity index (χ1v) is 11.3. The molecule has 3 rings (SSSR count). The van der Waals surface area contributed by atoms with Crippen molar-refractivity contribution in [2.75, 3.05) is 34.3 Å². The molecule has 0 bridgehead atoms. The highest BCUT2D eigenvalue weighted by atomic mass is 32.1. The van der Waals surface area contributed by atoms with E-state index in [9.17, 15) is 4.79 Å². The number of benzene rings is 1. The van der Waals surface area contributed by atoms with Crippen LogP contribution >= 0.6 is 11.3 Å². The lowest BCUT2D eigenvalue weighted by Gasteiger charge is -2.28. The summed E-state index contributed by atoms with van der Waals surface area (Å²) in [7, 11) is 5.75. The molecule has 1 amide bonds. The van der Waals surface area contributed by atoms with E-state index >= 15 is 0 Å². The van der Waals surface area contributed by atoms with Gasteiger partial charge in [0.25, 0.3) is 5.91 Å². The maximum atomic E-state index is 12.3. The Morgan fingerprint density at radius 2 is 1.76 bits per heavy atom. The maximum Gasteiger partial charge on any atom is 0.261 e. The lowest BCUT2D eigenvalue weighted by atomic mass is 9.93. The van der Waals surface area contributed by atoms with Crippen LogP contribution in [0.15, 0.2) is 48.7 Å². The monoisotopic (exact) mass is 470 g/mol. The SMILES string of the molecule is C.COc1ccc(C)cc1.Cc1nccc(-c2ccc(C(=O)NCC(C)(C)CN(C)C)s2)n1. The Morgan fingerprint density at radius 3 is 2.33 bits per heavy atom. The molecule has 0 atom stereocenters. The Kier molecular flexibility index (Phi) is 11.2. The van der Waals surface area contributed by atoms with Gasteiger partial charge in [-0.05, 0) is 63.7 Å². The number of rotatable bonds is 7. The highest BCUT2D eigenvalue weighted by Gasteiger charge is 2.20. The summed E-state index contributed by atoms with van der Waals surface area (Å²) < 4.78 is 4.97. The molecule has 6 nitrogen and oxygen atoms in total. The third-order valence-electron chi connectivity index (χ3n) is 4.59. The van der Waals surface area contributed by atoms with E-state index in [1.54, 1.807) is 13.3 Å². The lowest BCUT2D eigenvalue weighted by Crippen LogP contribution is -2.39. The second-order valence-electron chi connectivity index (χ2n) is 8.75. The molecule has 0 aliphatic heterocycles. The van der Waals surface area contributed by atoms with Crippen LogP contribution in [0.3, 0.4) is 0 Å². The molecule has 1 aromatic carbocycles. The van der Waals surface area contributed by atoms with E-state index in [4.69, 9.17) is 4.74 Å². The number of amides is 1. The van der Waals surface area contributed by atoms with Gasteiger partial charge in [-0.2, -0.15) is 0 Å². The van der Waals surface area contributed by atoms with Gasteiger partial charge in [0.1, 0.15) is 11.6 Å². The standard InChI is InChI=1S/C17H24N4OS.C8H10O.CH4/c1-12-18-9-8-13(20-12)14-6-7-15(23-14)16(22)19-10-17(2,3)11-21(4)5;1-7-3-5-8(9-2)6-4-7;/h6-9H,10-11H2,1-5H3,(H,19,22);3-6H,1-2H3;1H4. The van der Waals surface area contributed by atoms with Crippen molar-refractivity contribution in [3.05, 3.63) is 64.9 Å². The first kappa shape index (κ1) is 28.3. The van der Waals surface area contributed by atoms with Crippen LogP contribution in [0.2, 0.25) is 0 Å². The van der Waals surface area contributed by atoms with Crippen molar-refractivity contribution in [3.63, 3.8) is 0 Å². The van der Waals surface area contributed by atoms with Crippen molar-refractivity contribution >= 4 is 17.2 Å². The summed E-state index contributed by atoms with van der Waals surface area (Å²) in [6, 6.07) is 13.6. The number of carbonyl (C=O) groups excluding carboxylic acids is 1. The number of carbonyl (C=O) groups is 1. The fourth-order valence-electron chi connectivity index (χ4n) is 3.18. The summed E-state index contributed by atoms with van der Waals surface area (Å²) in [6.07, 6.45) is 1.74. The molecule has 3 aromatic rings. The lowest BCUT2D eigenvalue weighted by molar-refractivity contribution is 0.0933. The van der Waals surface area contributed by atoms with Gasteiger partial charge in [-0.3, -0.25) is 4.79 Å². The number of hydrogen-bond donors (Lipinski definition) is 1. The molecule has 7 heteroatoms. The number of aromatic nitrogens is 2. The summed E-state index contributed by atoms with van der Waals surface area (Å²) in [5, 5.41) is 3.03. The van der Waals surface area contributed by atoms with Gasteiger partial charge in [0.05, 0.1) is 22.6 Å². The Labute approximate surface area is 203 Å². The molecular weight excluding hydrogens is 432 g/mol. The van der Waals surface area contributed by atoms with E-state index in [0.29, 0.717) is 11.4 Å². The summed E-state index contributed by atoms with van der Waals surface area (Å²) >= 11 is 1.45. The summed E-state index contributed by atoms with van der Waals surface area (Å²) in [6.45, 7) is 9.78. The van der Waals surface area contributed by atoms with Crippen LogP contribution in [-0.2, 0) is 0 Å². The molecule has 2 heterocycles. The molecular formula is C26H38N4O2S. The molecule has 0 radical (unpaired) electrons. The molecule has 0 fully saturated rings. The van der Waals surface area contributed by atoms with E-state index in [0.717, 1.165) is 28.7 Å². The largest absolute Gasteiger partial charge is 0.497 e. The van der Waals surface area contributed by atoms with Crippen LogP contribution in [-0.4, -0.2) is 55.1 Å². The Bertz CT molecular complexity index is 998. The van der Waals surface area contributed by atoms with Crippen LogP contribution in [0.5, 0.6) is 5.75 Å². The van der Waals surface area contributed by atoms with Gasteiger partial charge in [0, 0.05) is 19.3 Å². The van der Waals surface area contributed by atoms with Crippen LogP contribution in [0.4, 0.5) is 0 Å². The molecule has 33 heavy (non-hydrogen) atoms. The van der Waals surface area contributed by atoms with E-state index in [1.807, 2.05) is 63.5 Å². The molecule has 180 valence electrons. The predicted octanol–water partition coefficient (Wildman–Crippen LogP) is 5.47. The maximum absolute atomic E-state index is 12.3. The van der Waals surface area contributed by atoms with Gasteiger partial charge in [-0.25, -0.2) is 9.97 Å². The van der Waals surface area contributed by atoms with Crippen molar-refractivity contribution in [1.29, 1.82) is 0 Å². The number of thiophene rings is 1. The Balaban J connectivity index is 0.000000458. The van der Waals surface area contributed by atoms with E-state index in [-0.39, 0.29) is 18.7 Å². The zero-order valence-electron chi connectivity index (χ0n) is 20.1. The average molecular weight is 471 g/mol. The minimum absolute atomic E-state index is 0. The minimum atomic E-state index is -0.0288. The van der Waals surface area contributed by atoms with Crippen LogP contribution in [0, 0.1) is 19.3 Å². The number of nitrogens with one attached hydrogen (secondary N) is 1. The minimum Gasteiger partial charge on any atom is -0.497 e. The fourth-order valence-corrected chi connectivity index (χ4v) is 4.08. The van der Waals surface area contributed by atoms with Crippen molar-refractivity contribution in [3.8, 4) is 16.3 Å². The molecule has 0 saturated heterocycles. The zero-order valence-corrected chi connectivity index (χ0v) is 20.9. The molecule has 0 spiro atoms. The smallest absolute Gasteiger partial charge is 0.261 e. The quantitative estimate of drug-likeness (QED) is 0.496. The second kappa shape index (κ2) is 13.1. The first-order chi connectivity index (χ1) is 15.1. The number of ether oxygens (including phenoxy) is 1. The number of aryl methyl sites for hydroxylation is 2. The van der Waals surface area contributed by atoms with Gasteiger partial charge in [0.2, 0.25) is 0 Å². The predicted molar refractivity (Wildman–Crippen MR) is 139 cm³/mol. The normalized spacial score (nSPS) is 10.7. The van der Waals surface area contributed by atoms with Crippen molar-refractivity contribution in [2.45, 2.75) is 35.1 Å². The van der Waals surface area contributed by atoms with Gasteiger partial charge in [0.15, 0.2) is 0 Å². The molecule has 0 aliphatic carbocycles. The van der Waals surface area contributed by atoms with Crippen LogP contribution < -0.4 is 10.1 Å². The molecule has 1 N–H and O–H groups in total.